The summed E-state index contributed by atoms with van der Waals surface area (Å²) in [6, 6.07) is 3.83. The van der Waals surface area contributed by atoms with Crippen molar-refractivity contribution in [1.29, 1.82) is 0 Å². The van der Waals surface area contributed by atoms with E-state index in [0.29, 0.717) is 0 Å². The second kappa shape index (κ2) is 6.86. The monoisotopic (exact) mass is 414 g/mol. The number of benzene rings is 1. The summed E-state index contributed by atoms with van der Waals surface area (Å²) in [7, 11) is -2.70. The molecule has 1 N–H and O–H groups in total. The fourth-order valence-electron chi connectivity index (χ4n) is 1.85. The van der Waals surface area contributed by atoms with Crippen LogP contribution in [0.1, 0.15) is 15.9 Å². The van der Waals surface area contributed by atoms with Crippen LogP contribution in [0.15, 0.2) is 23.1 Å². The average molecular weight is 416 g/mol. The first-order valence-corrected chi connectivity index (χ1v) is 9.54. The van der Waals surface area contributed by atoms with Crippen LogP contribution in [0.5, 0.6) is 5.75 Å². The van der Waals surface area contributed by atoms with Gasteiger partial charge in [0.15, 0.2) is 9.84 Å². The Morgan fingerprint density at radius 2 is 1.91 bits per heavy atom. The molecule has 23 heavy (non-hydrogen) atoms. The van der Waals surface area contributed by atoms with Gasteiger partial charge in [0.05, 0.1) is 17.9 Å². The number of ether oxygens (including phenoxy) is 1. The van der Waals surface area contributed by atoms with Crippen molar-refractivity contribution in [1.82, 2.24) is 0 Å². The first-order valence-electron chi connectivity index (χ1n) is 5.93. The van der Waals surface area contributed by atoms with E-state index >= 15 is 0 Å². The third kappa shape index (κ3) is 3.75. The lowest BCUT2D eigenvalue weighted by Crippen LogP contribution is -2.06. The number of phenols is 1. The molecule has 2 rings (SSSR count). The standard InChI is InChI=1S/C13H9Cl3O5S2/c1-21-13(18)7-3-2-6(4-8(7)17)5-23(19,20)10-9(14)11(15)22-12(10)16/h2-4,17H,5H2,1H3. The molecule has 0 radical (unpaired) electrons. The van der Waals surface area contributed by atoms with E-state index in [-0.39, 0.29) is 35.5 Å². The van der Waals surface area contributed by atoms with Gasteiger partial charge in [-0.1, -0.05) is 40.9 Å². The molecular weight excluding hydrogens is 407 g/mol. The van der Waals surface area contributed by atoms with Crippen molar-refractivity contribution in [2.75, 3.05) is 7.11 Å². The summed E-state index contributed by atoms with van der Waals surface area (Å²) in [5, 5.41) is 9.68. The maximum atomic E-state index is 12.4. The van der Waals surface area contributed by atoms with Gasteiger partial charge in [-0.25, -0.2) is 13.2 Å². The molecule has 0 aliphatic carbocycles. The van der Waals surface area contributed by atoms with Gasteiger partial charge in [-0.05, 0) is 17.7 Å². The molecule has 0 unspecified atom stereocenters. The number of rotatable bonds is 4. The molecule has 2 aromatic rings. The highest BCUT2D eigenvalue weighted by Gasteiger charge is 2.27. The smallest absolute Gasteiger partial charge is 0.341 e. The van der Waals surface area contributed by atoms with Gasteiger partial charge in [0.2, 0.25) is 0 Å². The van der Waals surface area contributed by atoms with Gasteiger partial charge in [-0.2, -0.15) is 0 Å². The fraction of sp³-hybridized carbons (Fsp3) is 0.154. The average Bonchev–Trinajstić information content (AvgIpc) is 2.71. The quantitative estimate of drug-likeness (QED) is 0.758. The molecule has 1 aromatic heterocycles. The molecule has 0 atom stereocenters. The molecule has 0 aliphatic rings. The molecule has 1 aromatic carbocycles. The van der Waals surface area contributed by atoms with Crippen LogP contribution in [0.2, 0.25) is 13.7 Å². The minimum absolute atomic E-state index is 0.0320. The highest BCUT2D eigenvalue weighted by molar-refractivity contribution is 7.91. The summed E-state index contributed by atoms with van der Waals surface area (Å²) in [6.07, 6.45) is 0. The van der Waals surface area contributed by atoms with E-state index in [4.69, 9.17) is 34.8 Å². The first kappa shape index (κ1) is 18.4. The van der Waals surface area contributed by atoms with Gasteiger partial charge in [-0.15, -0.1) is 11.3 Å². The normalized spacial score (nSPS) is 11.5. The Bertz CT molecular complexity index is 874. The summed E-state index contributed by atoms with van der Waals surface area (Å²) in [6.45, 7) is 0. The minimum Gasteiger partial charge on any atom is -0.507 e. The van der Waals surface area contributed by atoms with Crippen LogP contribution in [0, 0.1) is 0 Å². The number of aromatic hydroxyl groups is 1. The third-order valence-electron chi connectivity index (χ3n) is 2.86. The molecule has 0 aliphatic heterocycles. The maximum Gasteiger partial charge on any atom is 0.341 e. The summed E-state index contributed by atoms with van der Waals surface area (Å²) in [4.78, 5) is 11.2. The lowest BCUT2D eigenvalue weighted by molar-refractivity contribution is 0.0597. The summed E-state index contributed by atoms with van der Waals surface area (Å²) in [5.74, 6) is -1.58. The zero-order valence-corrected chi connectivity index (χ0v) is 15.4. The van der Waals surface area contributed by atoms with E-state index in [0.717, 1.165) is 11.3 Å². The van der Waals surface area contributed by atoms with Gasteiger partial charge in [-0.3, -0.25) is 0 Å². The number of sulfone groups is 1. The molecule has 0 fully saturated rings. The summed E-state index contributed by atoms with van der Waals surface area (Å²) >= 11 is 18.4. The van der Waals surface area contributed by atoms with E-state index in [1.54, 1.807) is 0 Å². The van der Waals surface area contributed by atoms with Gasteiger partial charge >= 0.3 is 5.97 Å². The number of phenolic OH excluding ortho intramolecular Hbond substituents is 1. The second-order valence-corrected chi connectivity index (χ2v) is 8.92. The van der Waals surface area contributed by atoms with E-state index in [1.165, 1.54) is 25.3 Å². The van der Waals surface area contributed by atoms with Crippen molar-refractivity contribution >= 4 is 61.9 Å². The Labute approximate surface area is 151 Å². The molecule has 0 bridgehead atoms. The SMILES string of the molecule is COC(=O)c1ccc(CS(=O)(=O)c2c(Cl)sc(Cl)c2Cl)cc1O. The highest BCUT2D eigenvalue weighted by atomic mass is 35.5. The number of methoxy groups -OCH3 is 1. The lowest BCUT2D eigenvalue weighted by atomic mass is 10.1. The van der Waals surface area contributed by atoms with Crippen LogP contribution in [0.3, 0.4) is 0 Å². The molecule has 124 valence electrons. The zero-order chi connectivity index (χ0) is 17.4. The number of carbonyl (C=O) groups is 1. The molecule has 10 heteroatoms. The van der Waals surface area contributed by atoms with E-state index in [1.807, 2.05) is 0 Å². The van der Waals surface area contributed by atoms with Crippen molar-refractivity contribution in [3.05, 3.63) is 43.0 Å². The predicted molar refractivity (Wildman–Crippen MR) is 89.7 cm³/mol. The second-order valence-electron chi connectivity index (χ2n) is 4.39. The van der Waals surface area contributed by atoms with Crippen molar-refractivity contribution in [2.45, 2.75) is 10.6 Å². The van der Waals surface area contributed by atoms with Crippen LogP contribution < -0.4 is 0 Å². The van der Waals surface area contributed by atoms with Crippen molar-refractivity contribution in [2.24, 2.45) is 0 Å². The molecule has 0 saturated carbocycles. The number of thiophene rings is 1. The number of carbonyl (C=O) groups excluding carboxylic acids is 1. The van der Waals surface area contributed by atoms with Gasteiger partial charge in [0.25, 0.3) is 0 Å². The Balaban J connectivity index is 2.38. The highest BCUT2D eigenvalue weighted by Crippen LogP contribution is 2.43. The number of hydrogen-bond acceptors (Lipinski definition) is 6. The van der Waals surface area contributed by atoms with Crippen molar-refractivity contribution in [3.63, 3.8) is 0 Å². The molecule has 5 nitrogen and oxygen atoms in total. The maximum absolute atomic E-state index is 12.4. The van der Waals surface area contributed by atoms with Gasteiger partial charge < -0.3 is 9.84 Å². The predicted octanol–water partition coefficient (Wildman–Crippen LogP) is 4.17. The van der Waals surface area contributed by atoms with Crippen LogP contribution >= 0.6 is 46.1 Å². The Morgan fingerprint density at radius 3 is 2.39 bits per heavy atom. The Morgan fingerprint density at radius 1 is 1.26 bits per heavy atom. The summed E-state index contributed by atoms with van der Waals surface area (Å²) in [5.41, 5.74) is 0.188. The third-order valence-corrected chi connectivity index (χ3v) is 7.16. The van der Waals surface area contributed by atoms with E-state index in [9.17, 15) is 18.3 Å². The topological polar surface area (TPSA) is 80.7 Å². The summed E-state index contributed by atoms with van der Waals surface area (Å²) < 4.78 is 29.4. The van der Waals surface area contributed by atoms with Gasteiger partial charge in [0.1, 0.15) is 24.9 Å². The van der Waals surface area contributed by atoms with Crippen LogP contribution in [0.25, 0.3) is 0 Å². The van der Waals surface area contributed by atoms with Crippen molar-refractivity contribution in [3.8, 4) is 5.75 Å². The van der Waals surface area contributed by atoms with Crippen molar-refractivity contribution < 1.29 is 23.1 Å². The first-order chi connectivity index (χ1) is 10.7. The fourth-order valence-corrected chi connectivity index (χ4v) is 6.19. The lowest BCUT2D eigenvalue weighted by Gasteiger charge is -2.07. The Hall–Kier alpha value is -0.990. The molecular formula is C13H9Cl3O5S2. The van der Waals surface area contributed by atoms with E-state index < -0.39 is 21.6 Å². The van der Waals surface area contributed by atoms with Crippen LogP contribution in [-0.4, -0.2) is 26.6 Å². The molecule has 1 heterocycles. The van der Waals surface area contributed by atoms with Crippen LogP contribution in [0.4, 0.5) is 0 Å². The number of halogens is 3. The molecule has 0 spiro atoms. The number of hydrogen-bond donors (Lipinski definition) is 1. The van der Waals surface area contributed by atoms with Gasteiger partial charge in [0, 0.05) is 0 Å². The largest absolute Gasteiger partial charge is 0.507 e. The zero-order valence-electron chi connectivity index (χ0n) is 11.5. The molecule has 0 saturated heterocycles. The minimum atomic E-state index is -3.87. The van der Waals surface area contributed by atoms with E-state index in [2.05, 4.69) is 4.74 Å². The van der Waals surface area contributed by atoms with Crippen LogP contribution in [-0.2, 0) is 20.3 Å². The Kier molecular flexibility index (Phi) is 5.48. The number of esters is 1. The molecule has 0 amide bonds.